The van der Waals surface area contributed by atoms with Crippen LogP contribution in [0.2, 0.25) is 0 Å². The predicted octanol–water partition coefficient (Wildman–Crippen LogP) is 2.18. The van der Waals surface area contributed by atoms with E-state index < -0.39 is 5.82 Å². The van der Waals surface area contributed by atoms with Gasteiger partial charge in [-0.05, 0) is 24.6 Å². The summed E-state index contributed by atoms with van der Waals surface area (Å²) in [6.45, 7) is 1.87. The molecule has 6 heteroatoms. The average molecular weight is 263 g/mol. The molecule has 1 aromatic heterocycles. The molecule has 2 N–H and O–H groups in total. The molecule has 0 unspecified atom stereocenters. The number of aromatic nitrogens is 2. The van der Waals surface area contributed by atoms with Crippen LogP contribution in [0.25, 0.3) is 0 Å². The monoisotopic (exact) mass is 263 g/mol. The SMILES string of the molecule is COc1cc(CN)cc(Oc2ncnc(C)c2F)c1. The van der Waals surface area contributed by atoms with Crippen molar-refractivity contribution < 1.29 is 13.9 Å². The third-order valence-corrected chi connectivity index (χ3v) is 2.56. The predicted molar refractivity (Wildman–Crippen MR) is 67.7 cm³/mol. The molecule has 5 nitrogen and oxygen atoms in total. The normalized spacial score (nSPS) is 10.3. The Hall–Kier alpha value is -2.21. The molecule has 0 bridgehead atoms. The van der Waals surface area contributed by atoms with Crippen molar-refractivity contribution in [1.82, 2.24) is 9.97 Å². The summed E-state index contributed by atoms with van der Waals surface area (Å²) in [5, 5.41) is 0. The van der Waals surface area contributed by atoms with E-state index >= 15 is 0 Å². The Morgan fingerprint density at radius 1 is 1.21 bits per heavy atom. The van der Waals surface area contributed by atoms with Crippen molar-refractivity contribution in [2.24, 2.45) is 5.73 Å². The van der Waals surface area contributed by atoms with Crippen LogP contribution in [0.3, 0.4) is 0 Å². The Morgan fingerprint density at radius 2 is 1.95 bits per heavy atom. The van der Waals surface area contributed by atoms with Crippen LogP contribution in [0, 0.1) is 12.7 Å². The zero-order chi connectivity index (χ0) is 13.8. The molecule has 0 aliphatic heterocycles. The van der Waals surface area contributed by atoms with Crippen LogP contribution >= 0.6 is 0 Å². The number of methoxy groups -OCH3 is 1. The molecule has 19 heavy (non-hydrogen) atoms. The fraction of sp³-hybridized carbons (Fsp3) is 0.231. The van der Waals surface area contributed by atoms with E-state index in [9.17, 15) is 4.39 Å². The zero-order valence-corrected chi connectivity index (χ0v) is 10.7. The van der Waals surface area contributed by atoms with Crippen molar-refractivity contribution in [3.05, 3.63) is 41.6 Å². The first-order valence-electron chi connectivity index (χ1n) is 5.67. The summed E-state index contributed by atoms with van der Waals surface area (Å²) < 4.78 is 24.3. The van der Waals surface area contributed by atoms with Gasteiger partial charge in [0, 0.05) is 12.6 Å². The maximum Gasteiger partial charge on any atom is 0.259 e. The van der Waals surface area contributed by atoms with E-state index in [0.717, 1.165) is 5.56 Å². The third-order valence-electron chi connectivity index (χ3n) is 2.56. The van der Waals surface area contributed by atoms with Gasteiger partial charge in [-0.1, -0.05) is 0 Å². The second-order valence-electron chi connectivity index (χ2n) is 3.90. The topological polar surface area (TPSA) is 70.3 Å². The number of benzene rings is 1. The number of halogens is 1. The lowest BCUT2D eigenvalue weighted by molar-refractivity contribution is 0.397. The highest BCUT2D eigenvalue weighted by Crippen LogP contribution is 2.27. The van der Waals surface area contributed by atoms with Gasteiger partial charge in [0.05, 0.1) is 12.8 Å². The standard InChI is InChI=1S/C13H14FN3O2/c1-8-12(14)13(17-7-16-8)19-11-4-9(6-15)3-10(5-11)18-2/h3-5,7H,6,15H2,1-2H3. The Labute approximate surface area is 110 Å². The van der Waals surface area contributed by atoms with Gasteiger partial charge in [0.2, 0.25) is 5.82 Å². The van der Waals surface area contributed by atoms with Crippen LogP contribution in [0.4, 0.5) is 4.39 Å². The molecular formula is C13H14FN3O2. The van der Waals surface area contributed by atoms with E-state index in [1.54, 1.807) is 25.1 Å². The van der Waals surface area contributed by atoms with E-state index in [-0.39, 0.29) is 11.6 Å². The molecule has 1 heterocycles. The van der Waals surface area contributed by atoms with E-state index in [0.29, 0.717) is 18.0 Å². The van der Waals surface area contributed by atoms with Crippen molar-refractivity contribution in [3.8, 4) is 17.4 Å². The van der Waals surface area contributed by atoms with Gasteiger partial charge in [-0.15, -0.1) is 0 Å². The van der Waals surface area contributed by atoms with E-state index in [1.165, 1.54) is 13.4 Å². The van der Waals surface area contributed by atoms with E-state index in [2.05, 4.69) is 9.97 Å². The number of hydrogen-bond acceptors (Lipinski definition) is 5. The molecule has 0 aliphatic carbocycles. The zero-order valence-electron chi connectivity index (χ0n) is 10.7. The van der Waals surface area contributed by atoms with Gasteiger partial charge in [-0.25, -0.2) is 4.98 Å². The lowest BCUT2D eigenvalue weighted by Gasteiger charge is -2.09. The molecule has 0 fully saturated rings. The number of nitrogens with zero attached hydrogens (tertiary/aromatic N) is 2. The Kier molecular flexibility index (Phi) is 3.91. The number of ether oxygens (including phenoxy) is 2. The molecule has 1 aromatic carbocycles. The molecule has 0 radical (unpaired) electrons. The second-order valence-corrected chi connectivity index (χ2v) is 3.90. The minimum Gasteiger partial charge on any atom is -0.497 e. The summed E-state index contributed by atoms with van der Waals surface area (Å²) in [4.78, 5) is 7.50. The van der Waals surface area contributed by atoms with E-state index in [1.807, 2.05) is 0 Å². The first-order valence-corrected chi connectivity index (χ1v) is 5.67. The molecule has 0 amide bonds. The van der Waals surface area contributed by atoms with Gasteiger partial charge in [-0.3, -0.25) is 0 Å². The number of nitrogens with two attached hydrogens (primary N) is 1. The van der Waals surface area contributed by atoms with Gasteiger partial charge in [0.1, 0.15) is 17.8 Å². The van der Waals surface area contributed by atoms with Crippen LogP contribution in [0.5, 0.6) is 17.4 Å². The molecule has 0 saturated carbocycles. The lowest BCUT2D eigenvalue weighted by Crippen LogP contribution is -2.00. The molecule has 2 aromatic rings. The van der Waals surface area contributed by atoms with Gasteiger partial charge in [0.25, 0.3) is 5.88 Å². The molecular weight excluding hydrogens is 249 g/mol. The Balaban J connectivity index is 2.34. The molecule has 0 spiro atoms. The highest BCUT2D eigenvalue weighted by Gasteiger charge is 2.11. The van der Waals surface area contributed by atoms with Crippen LogP contribution in [0.1, 0.15) is 11.3 Å². The largest absolute Gasteiger partial charge is 0.497 e. The number of rotatable bonds is 4. The molecule has 100 valence electrons. The molecule has 0 saturated heterocycles. The lowest BCUT2D eigenvalue weighted by atomic mass is 10.2. The van der Waals surface area contributed by atoms with E-state index in [4.69, 9.17) is 15.2 Å². The summed E-state index contributed by atoms with van der Waals surface area (Å²) >= 11 is 0. The van der Waals surface area contributed by atoms with Crippen molar-refractivity contribution >= 4 is 0 Å². The maximum atomic E-state index is 13.7. The second kappa shape index (κ2) is 5.62. The molecule has 0 aliphatic rings. The van der Waals surface area contributed by atoms with Crippen molar-refractivity contribution in [1.29, 1.82) is 0 Å². The summed E-state index contributed by atoms with van der Waals surface area (Å²) in [6.07, 6.45) is 1.25. The Bertz CT molecular complexity index is 568. The minimum absolute atomic E-state index is 0.122. The average Bonchev–Trinajstić information content (AvgIpc) is 2.43. The summed E-state index contributed by atoms with van der Waals surface area (Å²) in [6, 6.07) is 5.13. The van der Waals surface area contributed by atoms with Crippen LogP contribution < -0.4 is 15.2 Å². The summed E-state index contributed by atoms with van der Waals surface area (Å²) in [5.74, 6) is 0.296. The van der Waals surface area contributed by atoms with Crippen LogP contribution in [-0.2, 0) is 6.54 Å². The van der Waals surface area contributed by atoms with Crippen LogP contribution in [0.15, 0.2) is 24.5 Å². The summed E-state index contributed by atoms with van der Waals surface area (Å²) in [7, 11) is 1.54. The minimum atomic E-state index is -0.584. The van der Waals surface area contributed by atoms with Crippen molar-refractivity contribution in [2.75, 3.05) is 7.11 Å². The number of hydrogen-bond donors (Lipinski definition) is 1. The van der Waals surface area contributed by atoms with Gasteiger partial charge in [0.15, 0.2) is 0 Å². The summed E-state index contributed by atoms with van der Waals surface area (Å²) in [5.41, 5.74) is 6.63. The number of aryl methyl sites for hydroxylation is 1. The van der Waals surface area contributed by atoms with Crippen LogP contribution in [-0.4, -0.2) is 17.1 Å². The fourth-order valence-corrected chi connectivity index (χ4v) is 1.54. The van der Waals surface area contributed by atoms with Gasteiger partial charge in [-0.2, -0.15) is 9.37 Å². The van der Waals surface area contributed by atoms with Crippen molar-refractivity contribution in [2.45, 2.75) is 13.5 Å². The smallest absolute Gasteiger partial charge is 0.259 e. The Morgan fingerprint density at radius 3 is 2.63 bits per heavy atom. The van der Waals surface area contributed by atoms with Gasteiger partial charge >= 0.3 is 0 Å². The molecule has 0 atom stereocenters. The fourth-order valence-electron chi connectivity index (χ4n) is 1.54. The quantitative estimate of drug-likeness (QED) is 0.915. The first-order chi connectivity index (χ1) is 9.13. The first kappa shape index (κ1) is 13.2. The highest BCUT2D eigenvalue weighted by atomic mass is 19.1. The highest BCUT2D eigenvalue weighted by molar-refractivity contribution is 5.40. The van der Waals surface area contributed by atoms with Gasteiger partial charge < -0.3 is 15.2 Å². The maximum absolute atomic E-state index is 13.7. The third kappa shape index (κ3) is 2.97. The molecule has 2 rings (SSSR count). The van der Waals surface area contributed by atoms with Crippen molar-refractivity contribution in [3.63, 3.8) is 0 Å².